The van der Waals surface area contributed by atoms with Gasteiger partial charge in [-0.3, -0.25) is 14.9 Å². The summed E-state index contributed by atoms with van der Waals surface area (Å²) in [7, 11) is 1.43. The van der Waals surface area contributed by atoms with Crippen LogP contribution >= 0.6 is 0 Å². The maximum atomic E-state index is 13.2. The Balaban J connectivity index is 1.53. The second-order valence-corrected chi connectivity index (χ2v) is 9.02. The van der Waals surface area contributed by atoms with Crippen molar-refractivity contribution in [3.63, 3.8) is 0 Å². The number of ether oxygens (including phenoxy) is 1. The highest BCUT2D eigenvalue weighted by Crippen LogP contribution is 2.60. The number of aliphatic carboxylic acids is 1. The summed E-state index contributed by atoms with van der Waals surface area (Å²) in [6.45, 7) is 0. The van der Waals surface area contributed by atoms with Crippen LogP contribution in [0.3, 0.4) is 0 Å². The predicted octanol–water partition coefficient (Wildman–Crippen LogP) is 2.93. The second kappa shape index (κ2) is 7.31. The summed E-state index contributed by atoms with van der Waals surface area (Å²) >= 11 is 0. The fourth-order valence-electron chi connectivity index (χ4n) is 6.16. The lowest BCUT2D eigenvalue weighted by Crippen LogP contribution is -2.56. The van der Waals surface area contributed by atoms with Crippen molar-refractivity contribution in [2.45, 2.75) is 51.0 Å². The Bertz CT molecular complexity index is 816. The van der Waals surface area contributed by atoms with Gasteiger partial charge in [0.1, 0.15) is 11.8 Å². The molecule has 8 nitrogen and oxygen atoms in total. The summed E-state index contributed by atoms with van der Waals surface area (Å²) in [6.07, 6.45) is 6.05. The highest BCUT2D eigenvalue weighted by Gasteiger charge is 2.55. The minimum absolute atomic E-state index is 0.0711. The maximum Gasteiger partial charge on any atom is 0.326 e. The van der Waals surface area contributed by atoms with Gasteiger partial charge in [0.15, 0.2) is 0 Å². The molecule has 156 valence electrons. The fraction of sp³-hybridized carbons (Fsp3) is 0.619. The van der Waals surface area contributed by atoms with E-state index in [1.54, 1.807) is 0 Å². The Kier molecular flexibility index (Phi) is 4.96. The zero-order valence-electron chi connectivity index (χ0n) is 16.4. The molecule has 0 unspecified atom stereocenters. The second-order valence-electron chi connectivity index (χ2n) is 9.02. The Morgan fingerprint density at radius 3 is 2.31 bits per heavy atom. The molecule has 1 amide bonds. The van der Waals surface area contributed by atoms with E-state index >= 15 is 0 Å². The Hall–Kier alpha value is -2.64. The van der Waals surface area contributed by atoms with Crippen LogP contribution in [0.15, 0.2) is 18.2 Å². The zero-order valence-corrected chi connectivity index (χ0v) is 16.4. The first-order valence-corrected chi connectivity index (χ1v) is 10.1. The number of amides is 1. The highest BCUT2D eigenvalue weighted by atomic mass is 16.6. The lowest BCUT2D eigenvalue weighted by Gasteiger charge is -2.55. The molecular weight excluding hydrogens is 376 g/mol. The first-order chi connectivity index (χ1) is 13.8. The van der Waals surface area contributed by atoms with Crippen LogP contribution in [-0.4, -0.2) is 35.1 Å². The standard InChI is InChI=1S/C21H26N2O6/c1-29-18-3-2-16(23(27)28)7-15(18)8-17(19(24)25)22-20(26)21-9-12-4-13(10-21)6-14(5-12)11-21/h2-3,7,12-14,17H,4-6,8-11H2,1H3,(H,22,26)(H,24,25)/t12?,13?,14?,17-,21?/m0/s1. The van der Waals surface area contributed by atoms with Crippen LogP contribution in [0.1, 0.15) is 44.1 Å². The maximum absolute atomic E-state index is 13.2. The number of benzene rings is 1. The van der Waals surface area contributed by atoms with Gasteiger partial charge in [-0.2, -0.15) is 0 Å². The molecular formula is C21H26N2O6. The van der Waals surface area contributed by atoms with E-state index < -0.39 is 22.3 Å². The van der Waals surface area contributed by atoms with Gasteiger partial charge < -0.3 is 15.2 Å². The van der Waals surface area contributed by atoms with Crippen LogP contribution in [0.5, 0.6) is 5.75 Å². The minimum atomic E-state index is -1.16. The van der Waals surface area contributed by atoms with Gasteiger partial charge in [-0.05, 0) is 62.3 Å². The molecule has 4 aliphatic carbocycles. The van der Waals surface area contributed by atoms with Crippen LogP contribution in [0.2, 0.25) is 0 Å². The Morgan fingerprint density at radius 2 is 1.83 bits per heavy atom. The molecule has 4 aliphatic rings. The molecule has 0 aliphatic heterocycles. The average Bonchev–Trinajstić information content (AvgIpc) is 2.66. The molecule has 2 N–H and O–H groups in total. The average molecular weight is 402 g/mol. The minimum Gasteiger partial charge on any atom is -0.496 e. The van der Waals surface area contributed by atoms with Gasteiger partial charge in [0.25, 0.3) is 5.69 Å². The Morgan fingerprint density at radius 1 is 1.24 bits per heavy atom. The van der Waals surface area contributed by atoms with Crippen molar-refractivity contribution in [1.82, 2.24) is 5.32 Å². The van der Waals surface area contributed by atoms with E-state index in [1.807, 2.05) is 0 Å². The van der Waals surface area contributed by atoms with Crippen LogP contribution in [0.4, 0.5) is 5.69 Å². The van der Waals surface area contributed by atoms with Crippen LogP contribution < -0.4 is 10.1 Å². The topological polar surface area (TPSA) is 119 Å². The molecule has 0 aromatic heterocycles. The molecule has 1 aromatic carbocycles. The number of rotatable bonds is 7. The molecule has 1 aromatic rings. The van der Waals surface area contributed by atoms with Crippen LogP contribution in [-0.2, 0) is 16.0 Å². The number of nitrogens with zero attached hydrogens (tertiary/aromatic N) is 1. The van der Waals surface area contributed by atoms with Crippen molar-refractivity contribution in [1.29, 1.82) is 0 Å². The number of carboxylic acids is 1. The molecule has 4 saturated carbocycles. The molecule has 0 radical (unpaired) electrons. The van der Waals surface area contributed by atoms with Gasteiger partial charge in [0.05, 0.1) is 12.0 Å². The van der Waals surface area contributed by atoms with Gasteiger partial charge in [-0.1, -0.05) is 0 Å². The van der Waals surface area contributed by atoms with Crippen molar-refractivity contribution in [3.05, 3.63) is 33.9 Å². The zero-order chi connectivity index (χ0) is 20.8. The van der Waals surface area contributed by atoms with Crippen molar-refractivity contribution in [2.24, 2.45) is 23.2 Å². The fourth-order valence-corrected chi connectivity index (χ4v) is 6.16. The number of nitro groups is 1. The summed E-state index contributed by atoms with van der Waals surface area (Å²) in [5.74, 6) is 0.766. The van der Waals surface area contributed by atoms with E-state index in [9.17, 15) is 24.8 Å². The van der Waals surface area contributed by atoms with E-state index in [1.165, 1.54) is 44.6 Å². The van der Waals surface area contributed by atoms with Crippen LogP contribution in [0, 0.1) is 33.3 Å². The lowest BCUT2D eigenvalue weighted by molar-refractivity contribution is -0.384. The van der Waals surface area contributed by atoms with E-state index in [0.717, 1.165) is 19.3 Å². The number of nitro benzene ring substituents is 1. The lowest BCUT2D eigenvalue weighted by atomic mass is 9.49. The monoisotopic (exact) mass is 402 g/mol. The summed E-state index contributed by atoms with van der Waals surface area (Å²) < 4.78 is 5.24. The Labute approximate surface area is 168 Å². The van der Waals surface area contributed by atoms with E-state index in [2.05, 4.69) is 5.32 Å². The molecule has 8 heteroatoms. The summed E-state index contributed by atoms with van der Waals surface area (Å²) in [4.78, 5) is 35.7. The summed E-state index contributed by atoms with van der Waals surface area (Å²) in [5, 5.41) is 23.6. The molecule has 29 heavy (non-hydrogen) atoms. The van der Waals surface area contributed by atoms with Crippen molar-refractivity contribution < 1.29 is 24.4 Å². The highest BCUT2D eigenvalue weighted by molar-refractivity contribution is 5.88. The SMILES string of the molecule is COc1ccc([N+](=O)[O-])cc1C[C@H](NC(=O)C12CC3CC(CC(C3)C1)C2)C(=O)O. The van der Waals surface area contributed by atoms with Gasteiger partial charge in [-0.15, -0.1) is 0 Å². The molecule has 0 saturated heterocycles. The summed E-state index contributed by atoms with van der Waals surface area (Å²) in [6, 6.07) is 2.91. The van der Waals surface area contributed by atoms with Crippen molar-refractivity contribution in [3.8, 4) is 5.75 Å². The van der Waals surface area contributed by atoms with Gasteiger partial charge in [0, 0.05) is 29.5 Å². The number of non-ortho nitro benzene ring substituents is 1. The number of hydrogen-bond acceptors (Lipinski definition) is 5. The molecule has 4 bridgehead atoms. The number of carbonyl (C=O) groups excluding carboxylic acids is 1. The smallest absolute Gasteiger partial charge is 0.326 e. The molecule has 1 atom stereocenters. The van der Waals surface area contributed by atoms with E-state index in [-0.39, 0.29) is 18.0 Å². The van der Waals surface area contributed by atoms with Crippen LogP contribution in [0.25, 0.3) is 0 Å². The van der Waals surface area contributed by atoms with Crippen molar-refractivity contribution >= 4 is 17.6 Å². The first kappa shape index (κ1) is 19.7. The number of methoxy groups -OCH3 is 1. The van der Waals surface area contributed by atoms with E-state index in [0.29, 0.717) is 29.1 Å². The molecule has 5 rings (SSSR count). The quantitative estimate of drug-likeness (QED) is 0.535. The van der Waals surface area contributed by atoms with Gasteiger partial charge in [-0.25, -0.2) is 4.79 Å². The predicted molar refractivity (Wildman–Crippen MR) is 104 cm³/mol. The third-order valence-electron chi connectivity index (χ3n) is 7.02. The third-order valence-corrected chi connectivity index (χ3v) is 7.02. The number of hydrogen-bond donors (Lipinski definition) is 2. The molecule has 0 spiro atoms. The summed E-state index contributed by atoms with van der Waals surface area (Å²) in [5.41, 5.74) is -0.202. The normalized spacial score (nSPS) is 30.6. The number of carboxylic acid groups (broad SMARTS) is 1. The third kappa shape index (κ3) is 3.68. The molecule has 4 fully saturated rings. The van der Waals surface area contributed by atoms with Gasteiger partial charge >= 0.3 is 5.97 Å². The largest absolute Gasteiger partial charge is 0.496 e. The van der Waals surface area contributed by atoms with Crippen molar-refractivity contribution in [2.75, 3.05) is 7.11 Å². The molecule has 0 heterocycles. The number of nitrogens with one attached hydrogen (secondary N) is 1. The first-order valence-electron chi connectivity index (χ1n) is 10.1. The van der Waals surface area contributed by atoms with E-state index in [4.69, 9.17) is 4.74 Å². The van der Waals surface area contributed by atoms with Gasteiger partial charge in [0.2, 0.25) is 5.91 Å². The number of carbonyl (C=O) groups is 2.